The van der Waals surface area contributed by atoms with Crippen LogP contribution < -0.4 is 21.4 Å². The molecule has 0 aromatic carbocycles. The van der Waals surface area contributed by atoms with E-state index in [1.54, 1.807) is 13.8 Å². The molecule has 10 nitrogen and oxygen atoms in total. The number of amides is 3. The van der Waals surface area contributed by atoms with E-state index in [4.69, 9.17) is 5.11 Å². The number of rotatable bonds is 19. The van der Waals surface area contributed by atoms with E-state index in [2.05, 4.69) is 34.7 Å². The van der Waals surface area contributed by atoms with Crippen LogP contribution in [0.1, 0.15) is 72.6 Å². The first-order valence-corrected chi connectivity index (χ1v) is 11.9. The molecule has 6 N–H and O–H groups in total. The van der Waals surface area contributed by atoms with Crippen molar-refractivity contribution in [3.63, 3.8) is 0 Å². The van der Waals surface area contributed by atoms with E-state index in [-0.39, 0.29) is 12.5 Å². The second-order valence-corrected chi connectivity index (χ2v) is 8.43. The molecular weight excluding hydrogens is 414 g/mol. The third-order valence-corrected chi connectivity index (χ3v) is 5.29. The second-order valence-electron chi connectivity index (χ2n) is 8.43. The molecule has 0 aliphatic heterocycles. The van der Waals surface area contributed by atoms with Gasteiger partial charge in [-0.25, -0.2) is 0 Å². The van der Waals surface area contributed by atoms with Crippen LogP contribution in [0.5, 0.6) is 0 Å². The third-order valence-electron chi connectivity index (χ3n) is 5.29. The Labute approximate surface area is 192 Å². The number of carbonyl (C=O) groups is 3. The summed E-state index contributed by atoms with van der Waals surface area (Å²) in [5.41, 5.74) is 1.99. The van der Waals surface area contributed by atoms with Crippen molar-refractivity contribution in [2.45, 2.75) is 84.7 Å². The maximum atomic E-state index is 12.6. The smallest absolute Gasteiger partial charge is 0.243 e. The van der Waals surface area contributed by atoms with Crippen molar-refractivity contribution >= 4 is 17.7 Å². The van der Waals surface area contributed by atoms with Crippen LogP contribution in [0.3, 0.4) is 0 Å². The summed E-state index contributed by atoms with van der Waals surface area (Å²) in [6.45, 7) is 10.2. The Hall–Kier alpha value is -1.75. The van der Waals surface area contributed by atoms with Gasteiger partial charge in [0.15, 0.2) is 0 Å². The Morgan fingerprint density at radius 1 is 0.875 bits per heavy atom. The molecule has 2 atom stereocenters. The summed E-state index contributed by atoms with van der Waals surface area (Å²) in [5.74, 6) is -1.65. The molecule has 0 saturated carbocycles. The number of unbranched alkanes of at least 4 members (excludes halogenated alkanes) is 3. The van der Waals surface area contributed by atoms with Gasteiger partial charge in [-0.2, -0.15) is 5.48 Å². The molecule has 0 bridgehead atoms. The molecule has 3 amide bonds. The molecule has 0 aliphatic carbocycles. The average molecular weight is 460 g/mol. The van der Waals surface area contributed by atoms with Gasteiger partial charge in [-0.3, -0.25) is 14.4 Å². The Kier molecular flexibility index (Phi) is 17.8. The monoisotopic (exact) mass is 459 g/mol. The molecule has 0 spiro atoms. The lowest BCUT2D eigenvalue weighted by Crippen LogP contribution is -2.54. The van der Waals surface area contributed by atoms with Crippen molar-refractivity contribution < 1.29 is 24.7 Å². The van der Waals surface area contributed by atoms with Gasteiger partial charge in [0.25, 0.3) is 0 Å². The molecule has 10 heteroatoms. The second kappa shape index (κ2) is 18.8. The van der Waals surface area contributed by atoms with Gasteiger partial charge in [0, 0.05) is 0 Å². The van der Waals surface area contributed by atoms with Crippen molar-refractivity contribution in [2.75, 3.05) is 32.9 Å². The molecule has 0 unspecified atom stereocenters. The number of carbonyl (C=O) groups excluding carboxylic acids is 3. The molecule has 0 aliphatic rings. The van der Waals surface area contributed by atoms with E-state index in [1.165, 1.54) is 0 Å². The van der Waals surface area contributed by atoms with Crippen molar-refractivity contribution in [1.29, 1.82) is 0 Å². The van der Waals surface area contributed by atoms with Crippen molar-refractivity contribution in [3.05, 3.63) is 0 Å². The van der Waals surface area contributed by atoms with Gasteiger partial charge in [0.05, 0.1) is 6.54 Å². The van der Waals surface area contributed by atoms with E-state index in [9.17, 15) is 19.6 Å². The number of nitrogens with one attached hydrogen (secondary N) is 4. The van der Waals surface area contributed by atoms with E-state index in [0.29, 0.717) is 6.42 Å². The van der Waals surface area contributed by atoms with E-state index in [1.807, 2.05) is 5.48 Å². The van der Waals surface area contributed by atoms with Gasteiger partial charge >= 0.3 is 0 Å². The Morgan fingerprint density at radius 2 is 1.47 bits per heavy atom. The number of aliphatic hydroxyl groups excluding tert-OH is 1. The third kappa shape index (κ3) is 13.6. The van der Waals surface area contributed by atoms with Gasteiger partial charge in [-0.1, -0.05) is 40.5 Å². The normalized spacial score (nSPS) is 13.1. The molecule has 0 fully saturated rings. The molecule has 0 heterocycles. The first kappa shape index (κ1) is 30.2. The maximum absolute atomic E-state index is 12.6. The lowest BCUT2D eigenvalue weighted by molar-refractivity contribution is -0.133. The Morgan fingerprint density at radius 3 is 1.97 bits per heavy atom. The molecule has 0 aromatic rings. The zero-order valence-electron chi connectivity index (χ0n) is 20.3. The molecular formula is C22H45N5O5. The minimum Gasteiger partial charge on any atom is -0.376 e. The topological polar surface area (TPSA) is 143 Å². The standard InChI is InChI=1S/C22H45N5O5/c1-5-7-12-27(13-8-6-2)14-10-9-11-18(21(30)23-15-19(29)24-16-28)25-22(31)20(26-32)17(3)4/h17-18,20,26,28,32H,5-16H2,1-4H3,(H,23,30)(H,24,29)(H,25,31)/t18-,20-/m0/s1. The molecule has 188 valence electrons. The van der Waals surface area contributed by atoms with Crippen LogP contribution in [0.2, 0.25) is 0 Å². The lowest BCUT2D eigenvalue weighted by Gasteiger charge is -2.24. The van der Waals surface area contributed by atoms with Crippen molar-refractivity contribution in [2.24, 2.45) is 5.92 Å². The SMILES string of the molecule is CCCCN(CCCC)CCCC[C@H](NC(=O)[C@@H](NO)C(C)C)C(=O)NCC(=O)NCO. The fourth-order valence-corrected chi connectivity index (χ4v) is 3.26. The minimum absolute atomic E-state index is 0.176. The van der Waals surface area contributed by atoms with Crippen LogP contribution in [0.4, 0.5) is 0 Å². The largest absolute Gasteiger partial charge is 0.376 e. The zero-order chi connectivity index (χ0) is 24.4. The summed E-state index contributed by atoms with van der Waals surface area (Å²) in [5, 5.41) is 25.4. The highest BCUT2D eigenvalue weighted by molar-refractivity contribution is 5.91. The van der Waals surface area contributed by atoms with Crippen molar-refractivity contribution in [1.82, 2.24) is 26.3 Å². The highest BCUT2D eigenvalue weighted by Crippen LogP contribution is 2.08. The number of hydrogen-bond donors (Lipinski definition) is 6. The molecule has 0 aromatic heterocycles. The summed E-state index contributed by atoms with van der Waals surface area (Å²) in [4.78, 5) is 39.1. The van der Waals surface area contributed by atoms with Crippen molar-refractivity contribution in [3.8, 4) is 0 Å². The summed E-state index contributed by atoms with van der Waals surface area (Å²) < 4.78 is 0. The highest BCUT2D eigenvalue weighted by atomic mass is 16.5. The first-order valence-electron chi connectivity index (χ1n) is 11.9. The Balaban J connectivity index is 4.89. The van der Waals surface area contributed by atoms with Crippen LogP contribution >= 0.6 is 0 Å². The van der Waals surface area contributed by atoms with Gasteiger partial charge < -0.3 is 31.2 Å². The van der Waals surface area contributed by atoms with Gasteiger partial charge in [0.1, 0.15) is 18.8 Å². The predicted octanol–water partition coefficient (Wildman–Crippen LogP) is 0.729. The van der Waals surface area contributed by atoms with Crippen LogP contribution in [-0.2, 0) is 14.4 Å². The number of nitrogens with zero attached hydrogens (tertiary/aromatic N) is 1. The van der Waals surface area contributed by atoms with E-state index < -0.39 is 36.5 Å². The summed E-state index contributed by atoms with van der Waals surface area (Å²) >= 11 is 0. The van der Waals surface area contributed by atoms with E-state index in [0.717, 1.165) is 58.2 Å². The molecule has 32 heavy (non-hydrogen) atoms. The van der Waals surface area contributed by atoms with Crippen LogP contribution in [0.25, 0.3) is 0 Å². The van der Waals surface area contributed by atoms with E-state index >= 15 is 0 Å². The highest BCUT2D eigenvalue weighted by Gasteiger charge is 2.27. The van der Waals surface area contributed by atoms with Gasteiger partial charge in [0.2, 0.25) is 17.7 Å². The lowest BCUT2D eigenvalue weighted by atomic mass is 10.0. The zero-order valence-corrected chi connectivity index (χ0v) is 20.3. The van der Waals surface area contributed by atoms with Crippen LogP contribution in [-0.4, -0.2) is 77.9 Å². The number of hydroxylamine groups is 1. The molecule has 0 rings (SSSR count). The quantitative estimate of drug-likeness (QED) is 0.0949. The predicted molar refractivity (Wildman–Crippen MR) is 124 cm³/mol. The fourth-order valence-electron chi connectivity index (χ4n) is 3.26. The van der Waals surface area contributed by atoms with Crippen LogP contribution in [0, 0.1) is 5.92 Å². The summed E-state index contributed by atoms with van der Waals surface area (Å²) in [7, 11) is 0. The summed E-state index contributed by atoms with van der Waals surface area (Å²) in [6.07, 6.45) is 6.66. The summed E-state index contributed by atoms with van der Waals surface area (Å²) in [6, 6.07) is -1.67. The number of aliphatic hydroxyl groups is 1. The molecule has 0 radical (unpaired) electrons. The fraction of sp³-hybridized carbons (Fsp3) is 0.864. The minimum atomic E-state index is -0.846. The van der Waals surface area contributed by atoms with Gasteiger partial charge in [-0.05, 0) is 57.7 Å². The number of hydrogen-bond acceptors (Lipinski definition) is 7. The van der Waals surface area contributed by atoms with Crippen LogP contribution in [0.15, 0.2) is 0 Å². The maximum Gasteiger partial charge on any atom is 0.243 e. The first-order chi connectivity index (χ1) is 15.3. The van der Waals surface area contributed by atoms with Gasteiger partial charge in [-0.15, -0.1) is 0 Å². The Bertz CT molecular complexity index is 525. The average Bonchev–Trinajstić information content (AvgIpc) is 2.75. The molecule has 0 saturated heterocycles.